The fraction of sp³-hybridized carbons (Fsp3) is 0.300. The number of halogens is 1. The fourth-order valence-electron chi connectivity index (χ4n) is 1.37. The molecule has 0 aliphatic carbocycles. The van der Waals surface area contributed by atoms with Crippen LogP contribution in [-0.4, -0.2) is 21.7 Å². The fourth-order valence-corrected chi connectivity index (χ4v) is 1.37. The lowest BCUT2D eigenvalue weighted by molar-refractivity contribution is 0.287. The molecule has 0 fully saturated rings. The van der Waals surface area contributed by atoms with Crippen molar-refractivity contribution in [3.05, 3.63) is 30.1 Å². The van der Waals surface area contributed by atoms with E-state index in [1.165, 1.54) is 0 Å². The van der Waals surface area contributed by atoms with Crippen LogP contribution in [0.4, 0.5) is 0 Å². The number of aliphatic hydroxyl groups is 1. The Hall–Kier alpha value is -1.06. The van der Waals surface area contributed by atoms with Crippen LogP contribution in [0.3, 0.4) is 0 Å². The number of benzene rings is 1. The number of H-pyrrole nitrogens is 1. The number of nitrogens with zero attached hydrogens (tertiary/aromatic N) is 1. The molecular formula is C10H13ClN2O. The van der Waals surface area contributed by atoms with Crippen LogP contribution >= 0.6 is 12.4 Å². The van der Waals surface area contributed by atoms with Crippen LogP contribution in [0.2, 0.25) is 0 Å². The second-order valence-electron chi connectivity index (χ2n) is 3.03. The molecule has 0 aliphatic heterocycles. The van der Waals surface area contributed by atoms with Crippen molar-refractivity contribution in [1.82, 2.24) is 9.97 Å². The minimum Gasteiger partial charge on any atom is -0.396 e. The monoisotopic (exact) mass is 212 g/mol. The highest BCUT2D eigenvalue weighted by Crippen LogP contribution is 2.10. The maximum absolute atomic E-state index is 8.66. The molecule has 0 saturated heterocycles. The number of rotatable bonds is 3. The summed E-state index contributed by atoms with van der Waals surface area (Å²) in [7, 11) is 0. The van der Waals surface area contributed by atoms with Gasteiger partial charge in [-0.25, -0.2) is 4.98 Å². The zero-order valence-electron chi connectivity index (χ0n) is 7.73. The Morgan fingerprint density at radius 2 is 2.07 bits per heavy atom. The van der Waals surface area contributed by atoms with Gasteiger partial charge in [-0.15, -0.1) is 12.4 Å². The van der Waals surface area contributed by atoms with E-state index in [1.54, 1.807) is 0 Å². The van der Waals surface area contributed by atoms with E-state index in [0.29, 0.717) is 0 Å². The molecule has 3 nitrogen and oxygen atoms in total. The van der Waals surface area contributed by atoms with Crippen LogP contribution in [0.1, 0.15) is 12.2 Å². The SMILES string of the molecule is Cl.OCCCc1nc2ccccc2[nH]1. The van der Waals surface area contributed by atoms with E-state index in [2.05, 4.69) is 9.97 Å². The summed E-state index contributed by atoms with van der Waals surface area (Å²) < 4.78 is 0. The average molecular weight is 213 g/mol. The van der Waals surface area contributed by atoms with Gasteiger partial charge < -0.3 is 10.1 Å². The number of imidazole rings is 1. The standard InChI is InChI=1S/C10H12N2O.ClH/c13-7-3-6-10-11-8-4-1-2-5-9(8)12-10;/h1-2,4-5,13H,3,6-7H2,(H,11,12);1H. The van der Waals surface area contributed by atoms with Gasteiger partial charge in [-0.3, -0.25) is 0 Å². The normalized spacial score (nSPS) is 10.1. The Morgan fingerprint density at radius 3 is 2.79 bits per heavy atom. The van der Waals surface area contributed by atoms with E-state index in [0.717, 1.165) is 29.7 Å². The number of para-hydroxylation sites is 2. The maximum Gasteiger partial charge on any atom is 0.107 e. The molecule has 1 aromatic carbocycles. The van der Waals surface area contributed by atoms with Gasteiger partial charge in [-0.05, 0) is 18.6 Å². The predicted molar refractivity (Wildman–Crippen MR) is 58.7 cm³/mol. The lowest BCUT2D eigenvalue weighted by Gasteiger charge is -1.90. The molecule has 2 N–H and O–H groups in total. The zero-order chi connectivity index (χ0) is 9.10. The topological polar surface area (TPSA) is 48.9 Å². The first kappa shape index (κ1) is 11.0. The number of aromatic nitrogens is 2. The van der Waals surface area contributed by atoms with E-state index in [9.17, 15) is 0 Å². The van der Waals surface area contributed by atoms with Gasteiger partial charge in [-0.2, -0.15) is 0 Å². The number of aliphatic hydroxyl groups excluding tert-OH is 1. The Morgan fingerprint density at radius 1 is 1.29 bits per heavy atom. The van der Waals surface area contributed by atoms with Crippen LogP contribution in [0.5, 0.6) is 0 Å². The second-order valence-corrected chi connectivity index (χ2v) is 3.03. The molecule has 76 valence electrons. The lowest BCUT2D eigenvalue weighted by Crippen LogP contribution is -1.90. The third-order valence-corrected chi connectivity index (χ3v) is 2.01. The van der Waals surface area contributed by atoms with Crippen LogP contribution < -0.4 is 0 Å². The third-order valence-electron chi connectivity index (χ3n) is 2.01. The van der Waals surface area contributed by atoms with Gasteiger partial charge in [0, 0.05) is 13.0 Å². The number of fused-ring (bicyclic) bond motifs is 1. The van der Waals surface area contributed by atoms with Crippen molar-refractivity contribution in [2.24, 2.45) is 0 Å². The van der Waals surface area contributed by atoms with Crippen molar-refractivity contribution < 1.29 is 5.11 Å². The molecule has 2 rings (SSSR count). The smallest absolute Gasteiger partial charge is 0.107 e. The molecule has 0 amide bonds. The molecule has 0 aliphatic rings. The molecule has 0 radical (unpaired) electrons. The van der Waals surface area contributed by atoms with Crippen molar-refractivity contribution in [2.45, 2.75) is 12.8 Å². The summed E-state index contributed by atoms with van der Waals surface area (Å²) in [5.74, 6) is 0.954. The highest BCUT2D eigenvalue weighted by Gasteiger charge is 2.00. The summed E-state index contributed by atoms with van der Waals surface area (Å²) in [5.41, 5.74) is 2.06. The summed E-state index contributed by atoms with van der Waals surface area (Å²) in [5, 5.41) is 8.66. The van der Waals surface area contributed by atoms with E-state index >= 15 is 0 Å². The summed E-state index contributed by atoms with van der Waals surface area (Å²) >= 11 is 0. The molecule has 0 atom stereocenters. The van der Waals surface area contributed by atoms with Crippen molar-refractivity contribution in [3.63, 3.8) is 0 Å². The van der Waals surface area contributed by atoms with E-state index in [-0.39, 0.29) is 19.0 Å². The molecule has 0 saturated carbocycles. The average Bonchev–Trinajstić information content (AvgIpc) is 2.57. The number of aryl methyl sites for hydroxylation is 1. The van der Waals surface area contributed by atoms with Gasteiger partial charge in [-0.1, -0.05) is 12.1 Å². The summed E-state index contributed by atoms with van der Waals surface area (Å²) in [4.78, 5) is 7.59. The first-order valence-electron chi connectivity index (χ1n) is 4.44. The van der Waals surface area contributed by atoms with Gasteiger partial charge in [0.25, 0.3) is 0 Å². The van der Waals surface area contributed by atoms with E-state index in [4.69, 9.17) is 5.11 Å². The predicted octanol–water partition coefficient (Wildman–Crippen LogP) is 1.91. The summed E-state index contributed by atoms with van der Waals surface area (Å²) in [6.45, 7) is 0.219. The largest absolute Gasteiger partial charge is 0.396 e. The zero-order valence-corrected chi connectivity index (χ0v) is 8.55. The summed E-state index contributed by atoms with van der Waals surface area (Å²) in [6.07, 6.45) is 1.57. The molecular weight excluding hydrogens is 200 g/mol. The molecule has 4 heteroatoms. The molecule has 0 bridgehead atoms. The molecule has 2 aromatic rings. The Kier molecular flexibility index (Phi) is 3.92. The van der Waals surface area contributed by atoms with Crippen LogP contribution in [0.25, 0.3) is 11.0 Å². The number of hydrogen-bond acceptors (Lipinski definition) is 2. The minimum atomic E-state index is 0. The second kappa shape index (κ2) is 4.98. The Balaban J connectivity index is 0.000000980. The molecule has 14 heavy (non-hydrogen) atoms. The summed E-state index contributed by atoms with van der Waals surface area (Å²) in [6, 6.07) is 7.94. The van der Waals surface area contributed by atoms with Gasteiger partial charge in [0.05, 0.1) is 11.0 Å². The van der Waals surface area contributed by atoms with Crippen molar-refractivity contribution >= 4 is 23.4 Å². The van der Waals surface area contributed by atoms with E-state index < -0.39 is 0 Å². The highest BCUT2D eigenvalue weighted by molar-refractivity contribution is 5.85. The Labute approximate surface area is 88.6 Å². The van der Waals surface area contributed by atoms with Crippen molar-refractivity contribution in [3.8, 4) is 0 Å². The van der Waals surface area contributed by atoms with Gasteiger partial charge in [0.15, 0.2) is 0 Å². The first-order valence-corrected chi connectivity index (χ1v) is 4.44. The number of nitrogens with one attached hydrogen (secondary N) is 1. The van der Waals surface area contributed by atoms with Gasteiger partial charge in [0.2, 0.25) is 0 Å². The molecule has 1 heterocycles. The molecule has 0 unspecified atom stereocenters. The minimum absolute atomic E-state index is 0. The Bertz CT molecular complexity index is 367. The third kappa shape index (κ3) is 2.25. The molecule has 0 spiro atoms. The number of hydrogen-bond donors (Lipinski definition) is 2. The van der Waals surface area contributed by atoms with E-state index in [1.807, 2.05) is 24.3 Å². The maximum atomic E-state index is 8.66. The van der Waals surface area contributed by atoms with Crippen molar-refractivity contribution in [1.29, 1.82) is 0 Å². The van der Waals surface area contributed by atoms with Crippen LogP contribution in [0.15, 0.2) is 24.3 Å². The lowest BCUT2D eigenvalue weighted by atomic mass is 10.3. The highest BCUT2D eigenvalue weighted by atomic mass is 35.5. The number of aromatic amines is 1. The van der Waals surface area contributed by atoms with Gasteiger partial charge >= 0.3 is 0 Å². The van der Waals surface area contributed by atoms with Crippen LogP contribution in [-0.2, 0) is 6.42 Å². The van der Waals surface area contributed by atoms with Gasteiger partial charge in [0.1, 0.15) is 5.82 Å². The first-order chi connectivity index (χ1) is 6.40. The molecule has 1 aromatic heterocycles. The van der Waals surface area contributed by atoms with Crippen molar-refractivity contribution in [2.75, 3.05) is 6.61 Å². The van der Waals surface area contributed by atoms with Crippen LogP contribution in [0, 0.1) is 0 Å². The quantitative estimate of drug-likeness (QED) is 0.817.